The van der Waals surface area contributed by atoms with Crippen molar-refractivity contribution in [1.82, 2.24) is 4.90 Å². The minimum Gasteiger partial charge on any atom is -0.368 e. The van der Waals surface area contributed by atoms with Crippen LogP contribution in [0.4, 0.5) is 5.69 Å². The van der Waals surface area contributed by atoms with Gasteiger partial charge < -0.3 is 9.80 Å². The first kappa shape index (κ1) is 20.4. The van der Waals surface area contributed by atoms with Crippen molar-refractivity contribution in [1.29, 1.82) is 0 Å². The third-order valence-corrected chi connectivity index (χ3v) is 6.43. The van der Waals surface area contributed by atoms with E-state index in [1.54, 1.807) is 11.8 Å². The normalized spacial score (nSPS) is 14.5. The van der Waals surface area contributed by atoms with Gasteiger partial charge in [0.1, 0.15) is 0 Å². The van der Waals surface area contributed by atoms with E-state index in [1.165, 1.54) is 11.3 Å². The highest BCUT2D eigenvalue weighted by Crippen LogP contribution is 2.26. The molecule has 0 unspecified atom stereocenters. The predicted molar refractivity (Wildman–Crippen MR) is 117 cm³/mol. The highest BCUT2D eigenvalue weighted by Gasteiger charge is 2.22. The average molecular weight is 423 g/mol. The fraction of sp³-hybridized carbons (Fsp3) is 0.381. The van der Waals surface area contributed by atoms with Crippen LogP contribution in [0.5, 0.6) is 0 Å². The maximum atomic E-state index is 12.5. The topological polar surface area (TPSA) is 23.6 Å². The smallest absolute Gasteiger partial charge is 0.223 e. The fourth-order valence-electron chi connectivity index (χ4n) is 3.24. The van der Waals surface area contributed by atoms with Gasteiger partial charge in [0.15, 0.2) is 0 Å². The van der Waals surface area contributed by atoms with Gasteiger partial charge in [0.05, 0.1) is 0 Å². The summed E-state index contributed by atoms with van der Waals surface area (Å²) < 4.78 is 0. The number of halogens is 2. The number of hydrogen-bond acceptors (Lipinski definition) is 3. The van der Waals surface area contributed by atoms with Crippen molar-refractivity contribution in [2.24, 2.45) is 0 Å². The molecule has 2 aromatic carbocycles. The highest BCUT2D eigenvalue weighted by molar-refractivity contribution is 7.98. The van der Waals surface area contributed by atoms with Crippen molar-refractivity contribution in [3.63, 3.8) is 0 Å². The van der Waals surface area contributed by atoms with E-state index in [1.807, 2.05) is 47.4 Å². The molecule has 1 fully saturated rings. The Morgan fingerprint density at radius 3 is 2.56 bits per heavy atom. The van der Waals surface area contributed by atoms with Gasteiger partial charge in [-0.05, 0) is 36.2 Å². The molecule has 1 amide bonds. The standard InChI is InChI=1S/C21H24Cl2N2OS/c1-16-6-7-18(22)14-20(16)24-9-11-25(12-10-24)21(26)8-13-27-15-17-4-2-3-5-19(17)23/h2-7,14H,8-13,15H2,1H3. The zero-order valence-corrected chi connectivity index (χ0v) is 17.8. The molecule has 1 saturated heterocycles. The summed E-state index contributed by atoms with van der Waals surface area (Å²) in [5, 5.41) is 1.55. The molecule has 3 nitrogen and oxygen atoms in total. The van der Waals surface area contributed by atoms with E-state index in [2.05, 4.69) is 11.8 Å². The molecule has 1 aliphatic rings. The molecule has 0 radical (unpaired) electrons. The Morgan fingerprint density at radius 2 is 1.81 bits per heavy atom. The number of carbonyl (C=O) groups excluding carboxylic acids is 1. The Labute approximate surface area is 175 Å². The lowest BCUT2D eigenvalue weighted by Crippen LogP contribution is -2.49. The van der Waals surface area contributed by atoms with E-state index in [0.717, 1.165) is 53.3 Å². The molecule has 0 aliphatic carbocycles. The number of thioether (sulfide) groups is 1. The van der Waals surface area contributed by atoms with Gasteiger partial charge in [-0.25, -0.2) is 0 Å². The first-order valence-corrected chi connectivity index (χ1v) is 11.1. The largest absolute Gasteiger partial charge is 0.368 e. The lowest BCUT2D eigenvalue weighted by atomic mass is 10.1. The summed E-state index contributed by atoms with van der Waals surface area (Å²) in [6.45, 7) is 5.32. The molecule has 0 saturated carbocycles. The zero-order chi connectivity index (χ0) is 19.2. The van der Waals surface area contributed by atoms with E-state index in [-0.39, 0.29) is 5.91 Å². The Morgan fingerprint density at radius 1 is 1.07 bits per heavy atom. The van der Waals surface area contributed by atoms with Gasteiger partial charge in [-0.15, -0.1) is 0 Å². The van der Waals surface area contributed by atoms with Crippen LogP contribution in [-0.2, 0) is 10.5 Å². The summed E-state index contributed by atoms with van der Waals surface area (Å²) in [4.78, 5) is 16.8. The van der Waals surface area contributed by atoms with Gasteiger partial charge in [-0.2, -0.15) is 11.8 Å². The molecule has 1 aliphatic heterocycles. The number of nitrogens with zero attached hydrogens (tertiary/aromatic N) is 2. The Kier molecular flexibility index (Phi) is 7.33. The molecule has 0 N–H and O–H groups in total. The number of hydrogen-bond donors (Lipinski definition) is 0. The maximum absolute atomic E-state index is 12.5. The molecule has 144 valence electrons. The zero-order valence-electron chi connectivity index (χ0n) is 15.5. The van der Waals surface area contributed by atoms with Crippen LogP contribution in [0.15, 0.2) is 42.5 Å². The minimum absolute atomic E-state index is 0.240. The second-order valence-corrected chi connectivity index (χ2v) is 8.64. The summed E-state index contributed by atoms with van der Waals surface area (Å²) in [6, 6.07) is 13.8. The summed E-state index contributed by atoms with van der Waals surface area (Å²) in [5.41, 5.74) is 3.52. The van der Waals surface area contributed by atoms with Crippen LogP contribution in [0.2, 0.25) is 10.0 Å². The van der Waals surface area contributed by atoms with Gasteiger partial charge in [0, 0.05) is 59.8 Å². The molecule has 27 heavy (non-hydrogen) atoms. The second-order valence-electron chi connectivity index (χ2n) is 6.69. The average Bonchev–Trinajstić information content (AvgIpc) is 2.68. The highest BCUT2D eigenvalue weighted by atomic mass is 35.5. The molecule has 6 heteroatoms. The predicted octanol–water partition coefficient (Wildman–Crippen LogP) is 5.27. The minimum atomic E-state index is 0.240. The van der Waals surface area contributed by atoms with E-state index in [0.29, 0.717) is 6.42 Å². The van der Waals surface area contributed by atoms with Crippen molar-refractivity contribution >= 4 is 46.6 Å². The number of benzene rings is 2. The SMILES string of the molecule is Cc1ccc(Cl)cc1N1CCN(C(=O)CCSCc2ccccc2Cl)CC1. The number of amides is 1. The molecule has 0 bridgehead atoms. The fourth-order valence-corrected chi connectivity index (χ4v) is 4.62. The number of piperazine rings is 1. The van der Waals surface area contributed by atoms with Gasteiger partial charge in [-0.3, -0.25) is 4.79 Å². The Bertz CT molecular complexity index is 792. The molecule has 0 atom stereocenters. The van der Waals surface area contributed by atoms with Crippen molar-refractivity contribution in [3.8, 4) is 0 Å². The monoisotopic (exact) mass is 422 g/mol. The van der Waals surface area contributed by atoms with Crippen LogP contribution in [0.1, 0.15) is 17.5 Å². The van der Waals surface area contributed by atoms with Gasteiger partial charge in [0.25, 0.3) is 0 Å². The number of rotatable bonds is 6. The second kappa shape index (κ2) is 9.72. The van der Waals surface area contributed by atoms with E-state index in [9.17, 15) is 4.79 Å². The Hall–Kier alpha value is -1.36. The summed E-state index contributed by atoms with van der Waals surface area (Å²) in [5.74, 6) is 1.90. The van der Waals surface area contributed by atoms with Crippen molar-refractivity contribution in [3.05, 3.63) is 63.6 Å². The van der Waals surface area contributed by atoms with Gasteiger partial charge in [0.2, 0.25) is 5.91 Å². The lowest BCUT2D eigenvalue weighted by Gasteiger charge is -2.37. The molecule has 0 spiro atoms. The summed E-state index contributed by atoms with van der Waals surface area (Å²) in [6.07, 6.45) is 0.575. The lowest BCUT2D eigenvalue weighted by molar-refractivity contribution is -0.131. The molecule has 1 heterocycles. The number of carbonyl (C=O) groups is 1. The van der Waals surface area contributed by atoms with Crippen LogP contribution in [0.25, 0.3) is 0 Å². The molecule has 2 aromatic rings. The number of anilines is 1. The summed E-state index contributed by atoms with van der Waals surface area (Å²) >= 11 is 14.1. The van der Waals surface area contributed by atoms with Crippen LogP contribution in [-0.4, -0.2) is 42.7 Å². The van der Waals surface area contributed by atoms with Crippen molar-refractivity contribution in [2.45, 2.75) is 19.1 Å². The number of aryl methyl sites for hydroxylation is 1. The van der Waals surface area contributed by atoms with Crippen LogP contribution >= 0.6 is 35.0 Å². The summed E-state index contributed by atoms with van der Waals surface area (Å²) in [7, 11) is 0. The Balaban J connectivity index is 1.42. The van der Waals surface area contributed by atoms with Crippen LogP contribution in [0, 0.1) is 6.92 Å². The third-order valence-electron chi connectivity index (χ3n) is 4.82. The quantitative estimate of drug-likeness (QED) is 0.591. The first-order valence-electron chi connectivity index (χ1n) is 9.14. The van der Waals surface area contributed by atoms with Crippen LogP contribution in [0.3, 0.4) is 0 Å². The van der Waals surface area contributed by atoms with E-state index in [4.69, 9.17) is 23.2 Å². The third kappa shape index (κ3) is 5.56. The molecule has 3 rings (SSSR count). The van der Waals surface area contributed by atoms with E-state index < -0.39 is 0 Å². The van der Waals surface area contributed by atoms with Gasteiger partial charge in [-0.1, -0.05) is 47.5 Å². The molecular formula is C21H24Cl2N2OS. The molecule has 0 aromatic heterocycles. The van der Waals surface area contributed by atoms with E-state index >= 15 is 0 Å². The van der Waals surface area contributed by atoms with Crippen molar-refractivity contribution in [2.75, 3.05) is 36.8 Å². The maximum Gasteiger partial charge on any atom is 0.223 e. The molecular weight excluding hydrogens is 399 g/mol. The first-order chi connectivity index (χ1) is 13.0. The van der Waals surface area contributed by atoms with Crippen LogP contribution < -0.4 is 4.90 Å². The van der Waals surface area contributed by atoms with Gasteiger partial charge >= 0.3 is 0 Å². The van der Waals surface area contributed by atoms with Crippen molar-refractivity contribution < 1.29 is 4.79 Å².